The summed E-state index contributed by atoms with van der Waals surface area (Å²) in [4.78, 5) is 9.41. The Hall–Kier alpha value is -1.00. The molecular formula is C15H25N3O. The fourth-order valence-corrected chi connectivity index (χ4v) is 2.90. The molecule has 0 saturated carbocycles. The lowest BCUT2D eigenvalue weighted by atomic mass is 9.93. The van der Waals surface area contributed by atoms with E-state index < -0.39 is 0 Å². The van der Waals surface area contributed by atoms with E-state index in [9.17, 15) is 0 Å². The fourth-order valence-electron chi connectivity index (χ4n) is 2.90. The first-order valence-electron chi connectivity index (χ1n) is 7.17. The van der Waals surface area contributed by atoms with Crippen molar-refractivity contribution in [2.24, 2.45) is 5.73 Å². The van der Waals surface area contributed by atoms with Gasteiger partial charge in [-0.25, -0.2) is 9.97 Å². The van der Waals surface area contributed by atoms with Crippen LogP contribution in [0, 0.1) is 13.8 Å². The number of aromatic nitrogens is 2. The third-order valence-corrected chi connectivity index (χ3v) is 4.11. The molecule has 4 heteroatoms. The Morgan fingerprint density at radius 1 is 1.26 bits per heavy atom. The van der Waals surface area contributed by atoms with Crippen LogP contribution in [0.4, 0.5) is 0 Å². The summed E-state index contributed by atoms with van der Waals surface area (Å²) in [7, 11) is 0. The quantitative estimate of drug-likeness (QED) is 0.910. The van der Waals surface area contributed by atoms with E-state index in [1.54, 1.807) is 0 Å². The SMILES string of the molecule is Cc1nc(C2(C)CCCCO2)nc(C)c1C(C)CN. The first kappa shape index (κ1) is 14.4. The van der Waals surface area contributed by atoms with Crippen LogP contribution in [-0.4, -0.2) is 23.1 Å². The number of aryl methyl sites for hydroxylation is 2. The van der Waals surface area contributed by atoms with Gasteiger partial charge in [0.15, 0.2) is 5.82 Å². The summed E-state index contributed by atoms with van der Waals surface area (Å²) in [5, 5.41) is 0. The van der Waals surface area contributed by atoms with Crippen molar-refractivity contribution in [3.8, 4) is 0 Å². The number of ether oxygens (including phenoxy) is 1. The number of hydrogen-bond donors (Lipinski definition) is 1. The van der Waals surface area contributed by atoms with Crippen LogP contribution in [0.3, 0.4) is 0 Å². The Kier molecular flexibility index (Phi) is 4.21. The van der Waals surface area contributed by atoms with Crippen molar-refractivity contribution in [3.63, 3.8) is 0 Å². The van der Waals surface area contributed by atoms with Crippen molar-refractivity contribution in [2.75, 3.05) is 13.2 Å². The van der Waals surface area contributed by atoms with E-state index in [1.165, 1.54) is 12.0 Å². The van der Waals surface area contributed by atoms with Gasteiger partial charge in [-0.3, -0.25) is 0 Å². The van der Waals surface area contributed by atoms with Gasteiger partial charge in [0.05, 0.1) is 0 Å². The lowest BCUT2D eigenvalue weighted by Crippen LogP contribution is -2.33. The lowest BCUT2D eigenvalue weighted by Gasteiger charge is -2.33. The minimum Gasteiger partial charge on any atom is -0.367 e. The van der Waals surface area contributed by atoms with Gasteiger partial charge < -0.3 is 10.5 Å². The molecule has 0 aromatic carbocycles. The molecular weight excluding hydrogens is 238 g/mol. The van der Waals surface area contributed by atoms with Gasteiger partial charge in [0.2, 0.25) is 0 Å². The highest BCUT2D eigenvalue weighted by Crippen LogP contribution is 2.33. The minimum absolute atomic E-state index is 0.300. The van der Waals surface area contributed by atoms with Crippen LogP contribution < -0.4 is 5.73 Å². The zero-order chi connectivity index (χ0) is 14.0. The molecule has 19 heavy (non-hydrogen) atoms. The Balaban J connectivity index is 2.39. The number of nitrogens with zero attached hydrogens (tertiary/aromatic N) is 2. The average molecular weight is 263 g/mol. The molecule has 2 rings (SSSR count). The predicted molar refractivity (Wildman–Crippen MR) is 76.1 cm³/mol. The summed E-state index contributed by atoms with van der Waals surface area (Å²) in [6, 6.07) is 0. The molecule has 4 nitrogen and oxygen atoms in total. The maximum absolute atomic E-state index is 5.94. The van der Waals surface area contributed by atoms with E-state index in [0.29, 0.717) is 12.5 Å². The van der Waals surface area contributed by atoms with E-state index in [2.05, 4.69) is 13.8 Å². The van der Waals surface area contributed by atoms with Crippen LogP contribution in [-0.2, 0) is 10.3 Å². The highest BCUT2D eigenvalue weighted by Gasteiger charge is 2.33. The maximum atomic E-state index is 5.94. The monoisotopic (exact) mass is 263 g/mol. The lowest BCUT2D eigenvalue weighted by molar-refractivity contribution is -0.0762. The zero-order valence-corrected chi connectivity index (χ0v) is 12.5. The average Bonchev–Trinajstić information content (AvgIpc) is 2.38. The Morgan fingerprint density at radius 2 is 1.89 bits per heavy atom. The third kappa shape index (κ3) is 2.79. The summed E-state index contributed by atoms with van der Waals surface area (Å²) in [5.41, 5.74) is 8.71. The van der Waals surface area contributed by atoms with Gasteiger partial charge in [0.1, 0.15) is 5.60 Å². The molecule has 2 N–H and O–H groups in total. The first-order chi connectivity index (χ1) is 8.98. The summed E-state index contributed by atoms with van der Waals surface area (Å²) in [6.45, 7) is 9.75. The van der Waals surface area contributed by atoms with Crippen LogP contribution in [0.25, 0.3) is 0 Å². The molecule has 1 aromatic heterocycles. The van der Waals surface area contributed by atoms with E-state index >= 15 is 0 Å². The van der Waals surface area contributed by atoms with E-state index in [-0.39, 0.29) is 5.60 Å². The van der Waals surface area contributed by atoms with E-state index in [1.807, 2.05) is 13.8 Å². The fraction of sp³-hybridized carbons (Fsp3) is 0.733. The maximum Gasteiger partial charge on any atom is 0.160 e. The van der Waals surface area contributed by atoms with Crippen LogP contribution in [0.5, 0.6) is 0 Å². The molecule has 0 amide bonds. The topological polar surface area (TPSA) is 61.0 Å². The van der Waals surface area contributed by atoms with Gasteiger partial charge in [0, 0.05) is 18.0 Å². The second-order valence-corrected chi connectivity index (χ2v) is 5.80. The molecule has 0 radical (unpaired) electrons. The van der Waals surface area contributed by atoms with Crippen LogP contribution >= 0.6 is 0 Å². The van der Waals surface area contributed by atoms with Crippen LogP contribution in [0.1, 0.15) is 61.8 Å². The Bertz CT molecular complexity index is 430. The summed E-state index contributed by atoms with van der Waals surface area (Å²) in [6.07, 6.45) is 3.31. The second kappa shape index (κ2) is 5.55. The third-order valence-electron chi connectivity index (χ3n) is 4.11. The molecule has 2 atom stereocenters. The Morgan fingerprint density at radius 3 is 2.37 bits per heavy atom. The van der Waals surface area contributed by atoms with Gasteiger partial charge in [-0.15, -0.1) is 0 Å². The summed E-state index contributed by atoms with van der Waals surface area (Å²) >= 11 is 0. The second-order valence-electron chi connectivity index (χ2n) is 5.80. The van der Waals surface area contributed by atoms with Crippen molar-refractivity contribution in [1.82, 2.24) is 9.97 Å². The highest BCUT2D eigenvalue weighted by molar-refractivity contribution is 5.29. The highest BCUT2D eigenvalue weighted by atomic mass is 16.5. The molecule has 1 aliphatic heterocycles. The standard InChI is InChI=1S/C15H25N3O/c1-10(9-16)13-11(2)17-14(18-12(13)3)15(4)7-5-6-8-19-15/h10H,5-9,16H2,1-4H3. The predicted octanol–water partition coefficient (Wildman–Crippen LogP) is 2.57. The number of rotatable bonds is 3. The molecule has 0 spiro atoms. The molecule has 2 unspecified atom stereocenters. The summed E-state index contributed by atoms with van der Waals surface area (Å²) < 4.78 is 5.94. The molecule has 0 bridgehead atoms. The van der Waals surface area contributed by atoms with E-state index in [4.69, 9.17) is 20.4 Å². The van der Waals surface area contributed by atoms with Gasteiger partial charge >= 0.3 is 0 Å². The van der Waals surface area contributed by atoms with Crippen molar-refractivity contribution in [3.05, 3.63) is 22.8 Å². The summed E-state index contributed by atoms with van der Waals surface area (Å²) in [5.74, 6) is 1.13. The first-order valence-corrected chi connectivity index (χ1v) is 7.17. The zero-order valence-electron chi connectivity index (χ0n) is 12.5. The van der Waals surface area contributed by atoms with Crippen LogP contribution in [0.2, 0.25) is 0 Å². The molecule has 1 saturated heterocycles. The van der Waals surface area contributed by atoms with Crippen molar-refractivity contribution in [1.29, 1.82) is 0 Å². The molecule has 1 aromatic rings. The van der Waals surface area contributed by atoms with Crippen molar-refractivity contribution >= 4 is 0 Å². The van der Waals surface area contributed by atoms with E-state index in [0.717, 1.165) is 36.7 Å². The molecule has 1 aliphatic rings. The normalized spacial score (nSPS) is 25.3. The Labute approximate surface area is 115 Å². The molecule has 1 fully saturated rings. The molecule has 0 aliphatic carbocycles. The van der Waals surface area contributed by atoms with Crippen molar-refractivity contribution in [2.45, 2.75) is 58.5 Å². The van der Waals surface area contributed by atoms with Crippen molar-refractivity contribution < 1.29 is 4.74 Å². The molecule has 2 heterocycles. The number of hydrogen-bond acceptors (Lipinski definition) is 4. The minimum atomic E-state index is -0.321. The largest absolute Gasteiger partial charge is 0.367 e. The smallest absolute Gasteiger partial charge is 0.160 e. The van der Waals surface area contributed by atoms with Crippen LogP contribution in [0.15, 0.2) is 0 Å². The number of nitrogens with two attached hydrogens (primary N) is 1. The van der Waals surface area contributed by atoms with Gasteiger partial charge in [-0.2, -0.15) is 0 Å². The van der Waals surface area contributed by atoms with Gasteiger partial charge in [-0.05, 0) is 58.1 Å². The van der Waals surface area contributed by atoms with Gasteiger partial charge in [-0.1, -0.05) is 6.92 Å². The molecule has 106 valence electrons. The van der Waals surface area contributed by atoms with Gasteiger partial charge in [0.25, 0.3) is 0 Å².